The van der Waals surface area contributed by atoms with Gasteiger partial charge in [-0.3, -0.25) is 9.59 Å². The van der Waals surface area contributed by atoms with Crippen LogP contribution in [-0.4, -0.2) is 29.8 Å². The fraction of sp³-hybridized carbons (Fsp3) is 0.250. The molecule has 2 aromatic rings. The summed E-state index contributed by atoms with van der Waals surface area (Å²) in [4.78, 5) is 26.5. The first kappa shape index (κ1) is 13.8. The highest BCUT2D eigenvalue weighted by Gasteiger charge is 2.36. The van der Waals surface area contributed by atoms with E-state index in [0.29, 0.717) is 19.6 Å². The van der Waals surface area contributed by atoms with Crippen LogP contribution in [0.1, 0.15) is 15.2 Å². The predicted molar refractivity (Wildman–Crippen MR) is 82.0 cm³/mol. The Labute approximate surface area is 127 Å². The van der Waals surface area contributed by atoms with Gasteiger partial charge in [0.2, 0.25) is 5.91 Å². The van der Waals surface area contributed by atoms with E-state index in [-0.39, 0.29) is 17.7 Å². The van der Waals surface area contributed by atoms with Crippen LogP contribution in [-0.2, 0) is 11.3 Å². The molecule has 0 unspecified atom stereocenters. The SMILES string of the molecule is O=C(NCc1ccccc1)C1CN(C(=O)c2cccs2)C1. The van der Waals surface area contributed by atoms with E-state index in [9.17, 15) is 9.59 Å². The molecule has 0 spiro atoms. The largest absolute Gasteiger partial charge is 0.352 e. The maximum absolute atomic E-state index is 12.0. The Hall–Kier alpha value is -2.14. The summed E-state index contributed by atoms with van der Waals surface area (Å²) in [6.07, 6.45) is 0. The highest BCUT2D eigenvalue weighted by Crippen LogP contribution is 2.21. The maximum Gasteiger partial charge on any atom is 0.263 e. The van der Waals surface area contributed by atoms with E-state index in [1.807, 2.05) is 47.8 Å². The van der Waals surface area contributed by atoms with Crippen LogP contribution in [0.15, 0.2) is 47.8 Å². The van der Waals surface area contributed by atoms with Gasteiger partial charge in [-0.2, -0.15) is 0 Å². The standard InChI is InChI=1S/C16H16N2O2S/c19-15(17-9-12-5-2-1-3-6-12)13-10-18(11-13)16(20)14-7-4-8-21-14/h1-8,13H,9-11H2,(H,17,19). The lowest BCUT2D eigenvalue weighted by Crippen LogP contribution is -2.55. The third-order valence-electron chi connectivity index (χ3n) is 3.58. The van der Waals surface area contributed by atoms with Crippen LogP contribution in [0.3, 0.4) is 0 Å². The maximum atomic E-state index is 12.0. The molecule has 0 atom stereocenters. The van der Waals surface area contributed by atoms with Gasteiger partial charge in [-0.05, 0) is 17.0 Å². The third-order valence-corrected chi connectivity index (χ3v) is 4.44. The first-order valence-corrected chi connectivity index (χ1v) is 7.76. The zero-order valence-electron chi connectivity index (χ0n) is 11.5. The highest BCUT2D eigenvalue weighted by atomic mass is 32.1. The normalized spacial score (nSPS) is 14.6. The molecule has 2 heterocycles. The van der Waals surface area contributed by atoms with Crippen LogP contribution >= 0.6 is 11.3 Å². The third kappa shape index (κ3) is 3.13. The number of amides is 2. The number of benzene rings is 1. The number of nitrogens with one attached hydrogen (secondary N) is 1. The van der Waals surface area contributed by atoms with E-state index in [4.69, 9.17) is 0 Å². The molecule has 1 aliphatic heterocycles. The zero-order valence-corrected chi connectivity index (χ0v) is 12.3. The van der Waals surface area contributed by atoms with E-state index < -0.39 is 0 Å². The van der Waals surface area contributed by atoms with Crippen LogP contribution in [0.2, 0.25) is 0 Å². The van der Waals surface area contributed by atoms with E-state index in [0.717, 1.165) is 10.4 Å². The molecule has 0 radical (unpaired) electrons. The predicted octanol–water partition coefficient (Wildman–Crippen LogP) is 2.14. The Kier molecular flexibility index (Phi) is 4.01. The van der Waals surface area contributed by atoms with Crippen LogP contribution in [0.5, 0.6) is 0 Å². The lowest BCUT2D eigenvalue weighted by molar-refractivity contribution is -0.129. The van der Waals surface area contributed by atoms with E-state index in [1.165, 1.54) is 11.3 Å². The summed E-state index contributed by atoms with van der Waals surface area (Å²) in [6, 6.07) is 13.5. The van der Waals surface area contributed by atoms with Gasteiger partial charge in [-0.1, -0.05) is 36.4 Å². The van der Waals surface area contributed by atoms with Crippen molar-refractivity contribution >= 4 is 23.2 Å². The van der Waals surface area contributed by atoms with Crippen molar-refractivity contribution in [1.29, 1.82) is 0 Å². The minimum atomic E-state index is -0.0855. The Morgan fingerprint density at radius 1 is 1.14 bits per heavy atom. The van der Waals surface area contributed by atoms with Crippen LogP contribution in [0.4, 0.5) is 0 Å². The second-order valence-electron chi connectivity index (χ2n) is 5.09. The molecule has 0 bridgehead atoms. The summed E-state index contributed by atoms with van der Waals surface area (Å²) >= 11 is 1.43. The van der Waals surface area contributed by atoms with Crippen LogP contribution in [0.25, 0.3) is 0 Å². The Bertz CT molecular complexity index is 619. The number of hydrogen-bond donors (Lipinski definition) is 1. The lowest BCUT2D eigenvalue weighted by Gasteiger charge is -2.37. The molecule has 1 saturated heterocycles. The van der Waals surface area contributed by atoms with Crippen molar-refractivity contribution in [3.05, 3.63) is 58.3 Å². The number of carbonyl (C=O) groups excluding carboxylic acids is 2. The minimum Gasteiger partial charge on any atom is -0.352 e. The molecule has 2 amide bonds. The van der Waals surface area contributed by atoms with Gasteiger partial charge in [0.1, 0.15) is 0 Å². The summed E-state index contributed by atoms with van der Waals surface area (Å²) in [5, 5.41) is 4.81. The Morgan fingerprint density at radius 3 is 2.57 bits per heavy atom. The fourth-order valence-electron chi connectivity index (χ4n) is 2.30. The molecule has 21 heavy (non-hydrogen) atoms. The second-order valence-corrected chi connectivity index (χ2v) is 6.04. The Balaban J connectivity index is 1.45. The lowest BCUT2D eigenvalue weighted by atomic mass is 9.98. The van der Waals surface area contributed by atoms with Gasteiger partial charge in [0.15, 0.2) is 0 Å². The average molecular weight is 300 g/mol. The summed E-state index contributed by atoms with van der Waals surface area (Å²) in [5.41, 5.74) is 1.08. The zero-order chi connectivity index (χ0) is 14.7. The molecule has 3 rings (SSSR count). The van der Waals surface area contributed by atoms with Gasteiger partial charge in [-0.25, -0.2) is 0 Å². The Morgan fingerprint density at radius 2 is 1.90 bits per heavy atom. The molecule has 1 N–H and O–H groups in total. The van der Waals surface area contributed by atoms with Crippen molar-refractivity contribution in [3.63, 3.8) is 0 Å². The summed E-state index contributed by atoms with van der Waals surface area (Å²) in [5.74, 6) is -0.0381. The molecule has 1 aromatic carbocycles. The van der Waals surface area contributed by atoms with Gasteiger partial charge in [0.25, 0.3) is 5.91 Å². The van der Waals surface area contributed by atoms with Crippen molar-refractivity contribution in [2.45, 2.75) is 6.54 Å². The van der Waals surface area contributed by atoms with Crippen molar-refractivity contribution in [2.75, 3.05) is 13.1 Å². The average Bonchev–Trinajstić information content (AvgIpc) is 2.98. The molecular weight excluding hydrogens is 284 g/mol. The smallest absolute Gasteiger partial charge is 0.263 e. The van der Waals surface area contributed by atoms with Crippen LogP contribution < -0.4 is 5.32 Å². The molecule has 1 aliphatic rings. The van der Waals surface area contributed by atoms with Crippen LogP contribution in [0, 0.1) is 5.92 Å². The van der Waals surface area contributed by atoms with Crippen molar-refractivity contribution in [1.82, 2.24) is 10.2 Å². The van der Waals surface area contributed by atoms with Gasteiger partial charge in [-0.15, -0.1) is 11.3 Å². The number of hydrogen-bond acceptors (Lipinski definition) is 3. The highest BCUT2D eigenvalue weighted by molar-refractivity contribution is 7.12. The monoisotopic (exact) mass is 300 g/mol. The quantitative estimate of drug-likeness (QED) is 0.940. The topological polar surface area (TPSA) is 49.4 Å². The van der Waals surface area contributed by atoms with Gasteiger partial charge < -0.3 is 10.2 Å². The fourth-order valence-corrected chi connectivity index (χ4v) is 2.99. The van der Waals surface area contributed by atoms with E-state index >= 15 is 0 Å². The second kappa shape index (κ2) is 6.10. The van der Waals surface area contributed by atoms with E-state index in [2.05, 4.69) is 5.32 Å². The number of carbonyl (C=O) groups is 2. The van der Waals surface area contributed by atoms with Crippen molar-refractivity contribution < 1.29 is 9.59 Å². The first-order valence-electron chi connectivity index (χ1n) is 6.88. The number of rotatable bonds is 4. The van der Waals surface area contributed by atoms with Crippen molar-refractivity contribution in [2.24, 2.45) is 5.92 Å². The molecule has 1 fully saturated rings. The molecule has 108 valence electrons. The molecule has 1 aromatic heterocycles. The molecular formula is C16H16N2O2S. The number of thiophene rings is 1. The summed E-state index contributed by atoms with van der Waals surface area (Å²) in [6.45, 7) is 1.56. The van der Waals surface area contributed by atoms with E-state index in [1.54, 1.807) is 4.90 Å². The summed E-state index contributed by atoms with van der Waals surface area (Å²) < 4.78 is 0. The molecule has 0 aliphatic carbocycles. The van der Waals surface area contributed by atoms with Gasteiger partial charge >= 0.3 is 0 Å². The van der Waals surface area contributed by atoms with Crippen molar-refractivity contribution in [3.8, 4) is 0 Å². The first-order chi connectivity index (χ1) is 10.2. The summed E-state index contributed by atoms with van der Waals surface area (Å²) in [7, 11) is 0. The van der Waals surface area contributed by atoms with Gasteiger partial charge in [0.05, 0.1) is 10.8 Å². The minimum absolute atomic E-state index is 0.0223. The molecule has 5 heteroatoms. The van der Waals surface area contributed by atoms with Gasteiger partial charge in [0, 0.05) is 19.6 Å². The number of nitrogens with zero attached hydrogens (tertiary/aromatic N) is 1. The number of likely N-dealkylation sites (tertiary alicyclic amines) is 1. The molecule has 4 nitrogen and oxygen atoms in total. The molecule has 0 saturated carbocycles.